The van der Waals surface area contributed by atoms with Crippen LogP contribution in [0.5, 0.6) is 0 Å². The van der Waals surface area contributed by atoms with Crippen LogP contribution in [0.3, 0.4) is 0 Å². The van der Waals surface area contributed by atoms with E-state index in [1.165, 1.54) is 0 Å². The van der Waals surface area contributed by atoms with Crippen LogP contribution in [0.4, 0.5) is 17.6 Å². The number of benzene rings is 1. The first-order chi connectivity index (χ1) is 7.86. The van der Waals surface area contributed by atoms with E-state index in [9.17, 15) is 17.6 Å². The van der Waals surface area contributed by atoms with Gasteiger partial charge in [0.05, 0.1) is 5.56 Å². The zero-order valence-corrected chi connectivity index (χ0v) is 9.52. The van der Waals surface area contributed by atoms with Crippen molar-refractivity contribution in [1.29, 1.82) is 0 Å². The van der Waals surface area contributed by atoms with Crippen LogP contribution >= 0.6 is 0 Å². The Morgan fingerprint density at radius 3 is 2.47 bits per heavy atom. The maximum absolute atomic E-state index is 13.4. The summed E-state index contributed by atoms with van der Waals surface area (Å²) in [4.78, 5) is 0. The molecule has 0 amide bonds. The number of unbranched alkanes of at least 4 members (excludes halogenated alkanes) is 1. The van der Waals surface area contributed by atoms with Gasteiger partial charge in [-0.1, -0.05) is 19.8 Å². The van der Waals surface area contributed by atoms with Crippen molar-refractivity contribution in [2.24, 2.45) is 5.73 Å². The Morgan fingerprint density at radius 1 is 1.29 bits per heavy atom. The van der Waals surface area contributed by atoms with E-state index in [0.717, 1.165) is 31.0 Å². The second-order valence-corrected chi connectivity index (χ2v) is 3.98. The summed E-state index contributed by atoms with van der Waals surface area (Å²) in [5.41, 5.74) is 4.76. The first-order valence-corrected chi connectivity index (χ1v) is 5.48. The van der Waals surface area contributed by atoms with E-state index in [1.807, 2.05) is 6.92 Å². The Balaban J connectivity index is 2.98. The van der Waals surface area contributed by atoms with E-state index < -0.39 is 23.6 Å². The lowest BCUT2D eigenvalue weighted by Crippen LogP contribution is -2.14. The van der Waals surface area contributed by atoms with Gasteiger partial charge in [0.25, 0.3) is 0 Å². The highest BCUT2D eigenvalue weighted by atomic mass is 19.4. The maximum Gasteiger partial charge on any atom is 0.416 e. The number of halogens is 4. The van der Waals surface area contributed by atoms with Crippen LogP contribution in [0.2, 0.25) is 0 Å². The molecule has 0 spiro atoms. The molecule has 1 rings (SSSR count). The predicted molar refractivity (Wildman–Crippen MR) is 57.9 cm³/mol. The largest absolute Gasteiger partial charge is 0.416 e. The predicted octanol–water partition coefficient (Wildman–Crippen LogP) is 4.03. The average molecular weight is 249 g/mol. The van der Waals surface area contributed by atoms with Crippen molar-refractivity contribution < 1.29 is 17.6 Å². The van der Waals surface area contributed by atoms with Crippen molar-refractivity contribution in [3.8, 4) is 0 Å². The van der Waals surface area contributed by atoms with E-state index in [4.69, 9.17) is 5.73 Å². The molecule has 0 aliphatic carbocycles. The van der Waals surface area contributed by atoms with Gasteiger partial charge in [-0.05, 0) is 24.6 Å². The Morgan fingerprint density at radius 2 is 1.94 bits per heavy atom. The van der Waals surface area contributed by atoms with Crippen molar-refractivity contribution in [1.82, 2.24) is 0 Å². The molecule has 0 saturated heterocycles. The highest BCUT2D eigenvalue weighted by Gasteiger charge is 2.31. The van der Waals surface area contributed by atoms with Crippen molar-refractivity contribution in [3.63, 3.8) is 0 Å². The van der Waals surface area contributed by atoms with E-state index in [0.29, 0.717) is 6.42 Å². The van der Waals surface area contributed by atoms with Gasteiger partial charge in [0.15, 0.2) is 0 Å². The molecule has 0 fully saturated rings. The molecule has 96 valence electrons. The Hall–Kier alpha value is -1.10. The second kappa shape index (κ2) is 5.49. The van der Waals surface area contributed by atoms with Gasteiger partial charge in [-0.25, -0.2) is 4.39 Å². The zero-order valence-electron chi connectivity index (χ0n) is 9.52. The monoisotopic (exact) mass is 249 g/mol. The highest BCUT2D eigenvalue weighted by molar-refractivity contribution is 5.29. The first-order valence-electron chi connectivity index (χ1n) is 5.48. The van der Waals surface area contributed by atoms with Crippen LogP contribution in [0.15, 0.2) is 18.2 Å². The van der Waals surface area contributed by atoms with E-state index in [-0.39, 0.29) is 5.56 Å². The molecule has 0 aliphatic rings. The third-order valence-electron chi connectivity index (χ3n) is 2.59. The SMILES string of the molecule is CCCCC(N)c1cc(C(F)(F)F)ccc1F. The molecule has 1 atom stereocenters. The second-order valence-electron chi connectivity index (χ2n) is 3.98. The van der Waals surface area contributed by atoms with E-state index in [2.05, 4.69) is 0 Å². The number of rotatable bonds is 4. The molecule has 1 aromatic carbocycles. The molecule has 1 aromatic rings. The Labute approximate surface area is 97.6 Å². The van der Waals surface area contributed by atoms with E-state index >= 15 is 0 Å². The molecule has 0 bridgehead atoms. The van der Waals surface area contributed by atoms with Gasteiger partial charge < -0.3 is 5.73 Å². The van der Waals surface area contributed by atoms with Gasteiger partial charge in [-0.2, -0.15) is 13.2 Å². The minimum atomic E-state index is -4.47. The smallest absolute Gasteiger partial charge is 0.324 e. The minimum Gasteiger partial charge on any atom is -0.324 e. The molecule has 1 nitrogen and oxygen atoms in total. The average Bonchev–Trinajstić information content (AvgIpc) is 2.24. The highest BCUT2D eigenvalue weighted by Crippen LogP contribution is 2.32. The molecule has 0 aliphatic heterocycles. The van der Waals surface area contributed by atoms with Crippen molar-refractivity contribution in [2.45, 2.75) is 38.4 Å². The molecular weight excluding hydrogens is 234 g/mol. The number of nitrogens with two attached hydrogens (primary N) is 1. The maximum atomic E-state index is 13.4. The van der Waals surface area contributed by atoms with Crippen molar-refractivity contribution >= 4 is 0 Å². The summed E-state index contributed by atoms with van der Waals surface area (Å²) in [7, 11) is 0. The van der Waals surface area contributed by atoms with Gasteiger partial charge in [-0.15, -0.1) is 0 Å². The fourth-order valence-corrected chi connectivity index (χ4v) is 1.58. The standard InChI is InChI=1S/C12H15F4N/c1-2-3-4-11(17)9-7-8(12(14,15)16)5-6-10(9)13/h5-7,11H,2-4,17H2,1H3. The van der Waals surface area contributed by atoms with Crippen molar-refractivity contribution in [3.05, 3.63) is 35.1 Å². The third kappa shape index (κ3) is 3.70. The van der Waals surface area contributed by atoms with Crippen LogP contribution in [-0.4, -0.2) is 0 Å². The fraction of sp³-hybridized carbons (Fsp3) is 0.500. The molecule has 0 saturated carbocycles. The first kappa shape index (κ1) is 14.0. The van der Waals surface area contributed by atoms with Crippen LogP contribution in [-0.2, 0) is 6.18 Å². The summed E-state index contributed by atoms with van der Waals surface area (Å²) >= 11 is 0. The zero-order chi connectivity index (χ0) is 13.1. The summed E-state index contributed by atoms with van der Waals surface area (Å²) in [6, 6.07) is 1.67. The summed E-state index contributed by atoms with van der Waals surface area (Å²) in [5, 5.41) is 0. The van der Waals surface area contributed by atoms with E-state index in [1.54, 1.807) is 0 Å². The van der Waals surface area contributed by atoms with Gasteiger partial charge in [0.2, 0.25) is 0 Å². The number of hydrogen-bond donors (Lipinski definition) is 1. The molecule has 2 N–H and O–H groups in total. The van der Waals surface area contributed by atoms with Crippen LogP contribution < -0.4 is 5.73 Å². The molecule has 0 aromatic heterocycles. The lowest BCUT2D eigenvalue weighted by Gasteiger charge is -2.15. The molecule has 0 heterocycles. The minimum absolute atomic E-state index is 0.0618. The quantitative estimate of drug-likeness (QED) is 0.801. The molecule has 17 heavy (non-hydrogen) atoms. The summed E-state index contributed by atoms with van der Waals surface area (Å²) in [5.74, 6) is -0.679. The molecule has 5 heteroatoms. The summed E-state index contributed by atoms with van der Waals surface area (Å²) in [6.07, 6.45) is -2.35. The normalized spacial score (nSPS) is 13.8. The Kier molecular flexibility index (Phi) is 4.51. The molecular formula is C12H15F4N. The van der Waals surface area contributed by atoms with Gasteiger partial charge >= 0.3 is 6.18 Å². The topological polar surface area (TPSA) is 26.0 Å². The molecule has 0 radical (unpaired) electrons. The van der Waals surface area contributed by atoms with Gasteiger partial charge in [0.1, 0.15) is 5.82 Å². The molecule has 1 unspecified atom stereocenters. The van der Waals surface area contributed by atoms with Gasteiger partial charge in [-0.3, -0.25) is 0 Å². The van der Waals surface area contributed by atoms with Crippen LogP contribution in [0.25, 0.3) is 0 Å². The lowest BCUT2D eigenvalue weighted by atomic mass is 9.99. The third-order valence-corrected chi connectivity index (χ3v) is 2.59. The van der Waals surface area contributed by atoms with Crippen LogP contribution in [0, 0.1) is 5.82 Å². The fourth-order valence-electron chi connectivity index (χ4n) is 1.58. The van der Waals surface area contributed by atoms with Crippen LogP contribution in [0.1, 0.15) is 43.4 Å². The summed E-state index contributed by atoms with van der Waals surface area (Å²) in [6.45, 7) is 1.94. The lowest BCUT2D eigenvalue weighted by molar-refractivity contribution is -0.137. The van der Waals surface area contributed by atoms with Gasteiger partial charge in [0, 0.05) is 11.6 Å². The Bertz CT molecular complexity index is 373. The summed E-state index contributed by atoms with van der Waals surface area (Å²) < 4.78 is 50.7. The number of hydrogen-bond acceptors (Lipinski definition) is 1. The number of alkyl halides is 3. The van der Waals surface area contributed by atoms with Crippen molar-refractivity contribution in [2.75, 3.05) is 0 Å².